The minimum Gasteiger partial charge on any atom is -0.756 e. The van der Waals surface area contributed by atoms with Gasteiger partial charge in [-0.05, 0) is 44.9 Å². The molecule has 0 radical (unpaired) electrons. The van der Waals surface area contributed by atoms with Gasteiger partial charge < -0.3 is 28.8 Å². The van der Waals surface area contributed by atoms with Gasteiger partial charge in [0.1, 0.15) is 13.2 Å². The molecule has 2 N–H and O–H groups in total. The Morgan fingerprint density at radius 2 is 0.743 bits per heavy atom. The number of hydrogen-bond acceptors (Lipinski definition) is 6. The predicted octanol–water partition coefficient (Wildman–Crippen LogP) is 19.7. The maximum Gasteiger partial charge on any atom is 0.268 e. The molecule has 1 amide bonds. The molecule has 440 valence electrons. The van der Waals surface area contributed by atoms with Gasteiger partial charge in [0.25, 0.3) is 7.82 Å². The van der Waals surface area contributed by atoms with Crippen molar-refractivity contribution in [2.75, 3.05) is 40.9 Å². The Morgan fingerprint density at radius 1 is 0.459 bits per heavy atom. The molecule has 0 aromatic carbocycles. The predicted molar refractivity (Wildman–Crippen MR) is 321 cm³/mol. The van der Waals surface area contributed by atoms with Gasteiger partial charge in [-0.3, -0.25) is 9.36 Å². The number of phosphoric ester groups is 1. The summed E-state index contributed by atoms with van der Waals surface area (Å²) in [4.78, 5) is 25.5. The SMILES string of the molecule is CCCCCCCCCC/C=C\CCCCCCCCCCCCCCCCCCCCCCCCCCCCCC(=O)NC(COP(=O)([O-])OCC[N+](C)(C)C)C(O)/C=C/CCCCCCCCCCCCC. The molecular formula is C65H129N2O6P. The second kappa shape index (κ2) is 56.7. The summed E-state index contributed by atoms with van der Waals surface area (Å²) in [5.41, 5.74) is 0. The van der Waals surface area contributed by atoms with E-state index in [9.17, 15) is 19.4 Å². The summed E-state index contributed by atoms with van der Waals surface area (Å²) >= 11 is 0. The molecule has 3 unspecified atom stereocenters. The lowest BCUT2D eigenvalue weighted by Gasteiger charge is -2.29. The lowest BCUT2D eigenvalue weighted by molar-refractivity contribution is -0.870. The largest absolute Gasteiger partial charge is 0.756 e. The van der Waals surface area contributed by atoms with Crippen molar-refractivity contribution in [2.24, 2.45) is 0 Å². The maximum atomic E-state index is 13.0. The molecule has 0 fully saturated rings. The number of aliphatic hydroxyl groups is 1. The van der Waals surface area contributed by atoms with Crippen molar-refractivity contribution in [3.63, 3.8) is 0 Å². The zero-order chi connectivity index (χ0) is 54.2. The number of rotatable bonds is 61. The normalized spacial score (nSPS) is 13.9. The van der Waals surface area contributed by atoms with Gasteiger partial charge in [-0.1, -0.05) is 308 Å². The van der Waals surface area contributed by atoms with E-state index in [1.165, 1.54) is 276 Å². The first-order chi connectivity index (χ1) is 36.0. The van der Waals surface area contributed by atoms with E-state index < -0.39 is 20.0 Å². The molecule has 0 spiro atoms. The van der Waals surface area contributed by atoms with Gasteiger partial charge in [-0.25, -0.2) is 0 Å². The van der Waals surface area contributed by atoms with Crippen LogP contribution in [-0.2, 0) is 18.4 Å². The van der Waals surface area contributed by atoms with Crippen LogP contribution < -0.4 is 10.2 Å². The summed E-state index contributed by atoms with van der Waals surface area (Å²) in [7, 11) is 1.28. The van der Waals surface area contributed by atoms with Crippen LogP contribution in [0.4, 0.5) is 0 Å². The first-order valence-corrected chi connectivity index (χ1v) is 34.2. The number of quaternary nitrogens is 1. The second-order valence-electron chi connectivity index (χ2n) is 23.8. The number of nitrogens with zero attached hydrogens (tertiary/aromatic N) is 1. The van der Waals surface area contributed by atoms with Gasteiger partial charge in [0.2, 0.25) is 5.91 Å². The maximum absolute atomic E-state index is 13.0. The Balaban J connectivity index is 3.84. The van der Waals surface area contributed by atoms with E-state index in [0.717, 1.165) is 38.5 Å². The molecule has 74 heavy (non-hydrogen) atoms. The minimum absolute atomic E-state index is 0.00181. The summed E-state index contributed by atoms with van der Waals surface area (Å²) in [5, 5.41) is 13.9. The van der Waals surface area contributed by atoms with Crippen molar-refractivity contribution in [3.05, 3.63) is 24.3 Å². The van der Waals surface area contributed by atoms with Crippen LogP contribution in [0, 0.1) is 0 Å². The number of hydrogen-bond donors (Lipinski definition) is 2. The van der Waals surface area contributed by atoms with Gasteiger partial charge in [0.15, 0.2) is 0 Å². The van der Waals surface area contributed by atoms with E-state index in [1.54, 1.807) is 6.08 Å². The highest BCUT2D eigenvalue weighted by Gasteiger charge is 2.23. The Morgan fingerprint density at radius 3 is 1.05 bits per heavy atom. The molecule has 8 nitrogen and oxygen atoms in total. The van der Waals surface area contributed by atoms with Gasteiger partial charge in [-0.15, -0.1) is 0 Å². The van der Waals surface area contributed by atoms with E-state index in [4.69, 9.17) is 9.05 Å². The first-order valence-electron chi connectivity index (χ1n) is 32.7. The third-order valence-corrected chi connectivity index (χ3v) is 16.1. The summed E-state index contributed by atoms with van der Waals surface area (Å²) in [6, 6.07) is -0.882. The van der Waals surface area contributed by atoms with Gasteiger partial charge in [-0.2, -0.15) is 0 Å². The summed E-state index contributed by atoms with van der Waals surface area (Å²) in [5.74, 6) is -0.191. The van der Waals surface area contributed by atoms with E-state index in [1.807, 2.05) is 27.2 Å². The quantitative estimate of drug-likeness (QED) is 0.0272. The van der Waals surface area contributed by atoms with Crippen molar-refractivity contribution < 1.29 is 32.9 Å². The number of carbonyl (C=O) groups is 1. The second-order valence-corrected chi connectivity index (χ2v) is 25.2. The summed E-state index contributed by atoms with van der Waals surface area (Å²) < 4.78 is 23.3. The molecule has 0 saturated heterocycles. The Bertz CT molecular complexity index is 1260. The van der Waals surface area contributed by atoms with Crippen molar-refractivity contribution in [3.8, 4) is 0 Å². The standard InChI is InChI=1S/C65H129N2O6P/c1-6-8-10-12-14-16-18-20-21-22-23-24-25-26-27-28-29-30-31-32-33-34-35-36-37-38-39-40-41-42-43-44-45-47-49-51-53-55-57-59-65(69)66-63(62-73-74(70,71)72-61-60-67(3,4)5)64(68)58-56-54-52-50-48-46-19-17-15-13-11-9-7-2/h22-23,56,58,63-64,68H,6-21,24-55,57,59-62H2,1-5H3,(H-,66,69,70,71)/b23-22-,58-56+. The smallest absolute Gasteiger partial charge is 0.268 e. The average molecular weight is 1070 g/mol. The highest BCUT2D eigenvalue weighted by Crippen LogP contribution is 2.38. The zero-order valence-corrected chi connectivity index (χ0v) is 51.2. The van der Waals surface area contributed by atoms with E-state index in [2.05, 4.69) is 31.3 Å². The number of unbranched alkanes of at least 4 members (excludes halogenated alkanes) is 46. The van der Waals surface area contributed by atoms with E-state index in [0.29, 0.717) is 17.4 Å². The fraction of sp³-hybridized carbons (Fsp3) is 0.923. The Labute approximate surface area is 462 Å². The molecule has 0 aromatic heterocycles. The van der Waals surface area contributed by atoms with Gasteiger partial charge >= 0.3 is 0 Å². The molecule has 0 aliphatic carbocycles. The number of nitrogens with one attached hydrogen (secondary N) is 1. The zero-order valence-electron chi connectivity index (χ0n) is 50.3. The molecule has 0 aliphatic rings. The number of allylic oxidation sites excluding steroid dienone is 3. The van der Waals surface area contributed by atoms with Crippen molar-refractivity contribution in [2.45, 2.75) is 347 Å². The average Bonchev–Trinajstić information content (AvgIpc) is 3.36. The van der Waals surface area contributed by atoms with Crippen molar-refractivity contribution in [1.82, 2.24) is 5.32 Å². The van der Waals surface area contributed by atoms with Gasteiger partial charge in [0, 0.05) is 6.42 Å². The van der Waals surface area contributed by atoms with Crippen LogP contribution in [0.15, 0.2) is 24.3 Å². The van der Waals surface area contributed by atoms with Crippen molar-refractivity contribution >= 4 is 13.7 Å². The van der Waals surface area contributed by atoms with Crippen LogP contribution in [0.25, 0.3) is 0 Å². The van der Waals surface area contributed by atoms with Crippen LogP contribution in [0.5, 0.6) is 0 Å². The molecule has 0 aliphatic heterocycles. The number of amides is 1. The van der Waals surface area contributed by atoms with E-state index >= 15 is 0 Å². The van der Waals surface area contributed by atoms with Gasteiger partial charge in [0.05, 0.1) is 39.9 Å². The highest BCUT2D eigenvalue weighted by molar-refractivity contribution is 7.45. The minimum atomic E-state index is -4.59. The molecule has 3 atom stereocenters. The van der Waals surface area contributed by atoms with Crippen LogP contribution >= 0.6 is 7.82 Å². The third-order valence-electron chi connectivity index (χ3n) is 15.2. The molecule has 0 heterocycles. The molecule has 0 aromatic rings. The number of likely N-dealkylation sites (N-methyl/N-ethyl adjacent to an activating group) is 1. The fourth-order valence-electron chi connectivity index (χ4n) is 10.0. The van der Waals surface area contributed by atoms with Crippen LogP contribution in [-0.4, -0.2) is 68.5 Å². The fourth-order valence-corrected chi connectivity index (χ4v) is 10.8. The Hall–Kier alpha value is -1.02. The van der Waals surface area contributed by atoms with E-state index in [-0.39, 0.29) is 19.1 Å². The lowest BCUT2D eigenvalue weighted by Crippen LogP contribution is -2.45. The Kier molecular flexibility index (Phi) is 55.9. The van der Waals surface area contributed by atoms with Crippen LogP contribution in [0.2, 0.25) is 0 Å². The van der Waals surface area contributed by atoms with Crippen molar-refractivity contribution in [1.29, 1.82) is 0 Å². The molecule has 0 saturated carbocycles. The summed E-state index contributed by atoms with van der Waals surface area (Å²) in [6.07, 6.45) is 73.1. The highest BCUT2D eigenvalue weighted by atomic mass is 31.2. The number of aliphatic hydroxyl groups excluding tert-OH is 1. The number of carbonyl (C=O) groups excluding carboxylic acids is 1. The molecular weight excluding hydrogens is 936 g/mol. The third kappa shape index (κ3) is 58.7. The molecule has 0 rings (SSSR count). The summed E-state index contributed by atoms with van der Waals surface area (Å²) in [6.45, 7) is 4.68. The van der Waals surface area contributed by atoms with Crippen LogP contribution in [0.1, 0.15) is 335 Å². The molecule has 0 bridgehead atoms. The monoisotopic (exact) mass is 1060 g/mol. The number of phosphoric acid groups is 1. The van der Waals surface area contributed by atoms with Crippen LogP contribution in [0.3, 0.4) is 0 Å². The lowest BCUT2D eigenvalue weighted by atomic mass is 10.0. The molecule has 9 heteroatoms. The topological polar surface area (TPSA) is 108 Å². The first kappa shape index (κ1) is 73.0.